The SMILES string of the molecule is C=C/C(=C\N)C(C)C(CC)CCCC. The van der Waals surface area contributed by atoms with Crippen molar-refractivity contribution in [2.24, 2.45) is 17.6 Å². The Labute approximate surface area is 89.1 Å². The highest BCUT2D eigenvalue weighted by molar-refractivity contribution is 5.18. The third-order valence-electron chi connectivity index (χ3n) is 3.11. The van der Waals surface area contributed by atoms with Gasteiger partial charge in [0.2, 0.25) is 0 Å². The Morgan fingerprint density at radius 1 is 1.43 bits per heavy atom. The molecule has 0 aromatic heterocycles. The van der Waals surface area contributed by atoms with E-state index in [0.717, 1.165) is 5.92 Å². The standard InChI is InChI=1S/C13H25N/c1-5-8-9-12(6-2)11(4)13(7-3)10-14/h7,10-12H,3,5-6,8-9,14H2,1-2,4H3/b13-10+. The first-order valence-corrected chi connectivity index (χ1v) is 5.75. The fraction of sp³-hybridized carbons (Fsp3) is 0.692. The highest BCUT2D eigenvalue weighted by atomic mass is 14.5. The van der Waals surface area contributed by atoms with E-state index in [1.54, 1.807) is 6.20 Å². The molecule has 0 aliphatic rings. The van der Waals surface area contributed by atoms with Gasteiger partial charge in [-0.1, -0.05) is 52.7 Å². The van der Waals surface area contributed by atoms with E-state index in [0.29, 0.717) is 5.92 Å². The van der Waals surface area contributed by atoms with Crippen molar-refractivity contribution >= 4 is 0 Å². The summed E-state index contributed by atoms with van der Waals surface area (Å²) in [6, 6.07) is 0. The molecule has 0 aromatic rings. The van der Waals surface area contributed by atoms with E-state index >= 15 is 0 Å². The maximum Gasteiger partial charge on any atom is -0.00271 e. The number of unbranched alkanes of at least 4 members (excludes halogenated alkanes) is 1. The molecule has 2 atom stereocenters. The number of allylic oxidation sites excluding steroid dienone is 2. The van der Waals surface area contributed by atoms with Crippen LogP contribution in [0.1, 0.15) is 46.5 Å². The monoisotopic (exact) mass is 195 g/mol. The number of hydrogen-bond acceptors (Lipinski definition) is 1. The first-order chi connectivity index (χ1) is 6.71. The zero-order chi connectivity index (χ0) is 11.0. The molecule has 0 rings (SSSR count). The summed E-state index contributed by atoms with van der Waals surface area (Å²) in [6.07, 6.45) is 8.72. The Kier molecular flexibility index (Phi) is 7.27. The molecule has 2 unspecified atom stereocenters. The molecule has 0 aliphatic heterocycles. The fourth-order valence-corrected chi connectivity index (χ4v) is 1.95. The molecule has 0 fully saturated rings. The lowest BCUT2D eigenvalue weighted by Crippen LogP contribution is -2.13. The van der Waals surface area contributed by atoms with E-state index in [2.05, 4.69) is 27.4 Å². The van der Waals surface area contributed by atoms with Crippen LogP contribution in [0.4, 0.5) is 0 Å². The minimum Gasteiger partial charge on any atom is -0.404 e. The predicted molar refractivity (Wildman–Crippen MR) is 64.9 cm³/mol. The second-order valence-electron chi connectivity index (χ2n) is 3.97. The molecule has 1 heteroatoms. The summed E-state index contributed by atoms with van der Waals surface area (Å²) < 4.78 is 0. The van der Waals surface area contributed by atoms with Gasteiger partial charge >= 0.3 is 0 Å². The van der Waals surface area contributed by atoms with Gasteiger partial charge in [0.25, 0.3) is 0 Å². The molecular formula is C13H25N. The van der Waals surface area contributed by atoms with Gasteiger partial charge in [0.1, 0.15) is 0 Å². The first kappa shape index (κ1) is 13.3. The second kappa shape index (κ2) is 7.66. The van der Waals surface area contributed by atoms with E-state index < -0.39 is 0 Å². The topological polar surface area (TPSA) is 26.0 Å². The molecule has 0 saturated heterocycles. The average Bonchev–Trinajstić information content (AvgIpc) is 2.21. The van der Waals surface area contributed by atoms with Crippen LogP contribution in [0.2, 0.25) is 0 Å². The number of hydrogen-bond donors (Lipinski definition) is 1. The summed E-state index contributed by atoms with van der Waals surface area (Å²) in [5.41, 5.74) is 6.76. The van der Waals surface area contributed by atoms with Crippen LogP contribution in [0, 0.1) is 11.8 Å². The van der Waals surface area contributed by atoms with E-state index in [1.807, 2.05) is 6.08 Å². The lowest BCUT2D eigenvalue weighted by Gasteiger charge is -2.23. The van der Waals surface area contributed by atoms with Gasteiger partial charge < -0.3 is 5.73 Å². The maximum atomic E-state index is 5.57. The summed E-state index contributed by atoms with van der Waals surface area (Å²) in [4.78, 5) is 0. The van der Waals surface area contributed by atoms with Crippen LogP contribution >= 0.6 is 0 Å². The van der Waals surface area contributed by atoms with Crippen molar-refractivity contribution in [1.29, 1.82) is 0 Å². The summed E-state index contributed by atoms with van der Waals surface area (Å²) in [5.74, 6) is 1.30. The predicted octanol–water partition coefficient (Wildman–Crippen LogP) is 3.87. The first-order valence-electron chi connectivity index (χ1n) is 5.75. The van der Waals surface area contributed by atoms with Crippen LogP contribution < -0.4 is 5.73 Å². The van der Waals surface area contributed by atoms with E-state index in [1.165, 1.54) is 31.3 Å². The van der Waals surface area contributed by atoms with Crippen molar-refractivity contribution in [3.8, 4) is 0 Å². The molecular weight excluding hydrogens is 170 g/mol. The lowest BCUT2D eigenvalue weighted by molar-refractivity contribution is 0.359. The maximum absolute atomic E-state index is 5.57. The van der Waals surface area contributed by atoms with Crippen molar-refractivity contribution in [3.05, 3.63) is 24.4 Å². The van der Waals surface area contributed by atoms with Crippen molar-refractivity contribution < 1.29 is 0 Å². The number of rotatable bonds is 7. The Morgan fingerprint density at radius 3 is 2.43 bits per heavy atom. The molecule has 14 heavy (non-hydrogen) atoms. The van der Waals surface area contributed by atoms with Crippen molar-refractivity contribution in [1.82, 2.24) is 0 Å². The quantitative estimate of drug-likeness (QED) is 0.613. The van der Waals surface area contributed by atoms with Gasteiger partial charge in [-0.3, -0.25) is 0 Å². The fourth-order valence-electron chi connectivity index (χ4n) is 1.95. The molecule has 0 heterocycles. The number of nitrogens with two attached hydrogens (primary N) is 1. The minimum absolute atomic E-state index is 0.550. The van der Waals surface area contributed by atoms with Gasteiger partial charge in [0, 0.05) is 0 Å². The van der Waals surface area contributed by atoms with Gasteiger partial charge in [-0.05, 0) is 30.0 Å². The van der Waals surface area contributed by atoms with Crippen molar-refractivity contribution in [2.75, 3.05) is 0 Å². The smallest absolute Gasteiger partial charge is 0.00271 e. The largest absolute Gasteiger partial charge is 0.404 e. The lowest BCUT2D eigenvalue weighted by atomic mass is 9.82. The minimum atomic E-state index is 0.550. The van der Waals surface area contributed by atoms with Crippen molar-refractivity contribution in [3.63, 3.8) is 0 Å². The average molecular weight is 195 g/mol. The van der Waals surface area contributed by atoms with Crippen LogP contribution in [0.5, 0.6) is 0 Å². The van der Waals surface area contributed by atoms with Crippen LogP contribution in [-0.2, 0) is 0 Å². The van der Waals surface area contributed by atoms with Crippen LogP contribution in [-0.4, -0.2) is 0 Å². The zero-order valence-corrected chi connectivity index (χ0v) is 9.92. The van der Waals surface area contributed by atoms with Crippen LogP contribution in [0.3, 0.4) is 0 Å². The molecule has 0 aromatic carbocycles. The zero-order valence-electron chi connectivity index (χ0n) is 9.92. The Morgan fingerprint density at radius 2 is 2.07 bits per heavy atom. The van der Waals surface area contributed by atoms with E-state index in [-0.39, 0.29) is 0 Å². The highest BCUT2D eigenvalue weighted by Crippen LogP contribution is 2.27. The van der Waals surface area contributed by atoms with E-state index in [9.17, 15) is 0 Å². The second-order valence-corrected chi connectivity index (χ2v) is 3.97. The Hall–Kier alpha value is -0.720. The van der Waals surface area contributed by atoms with Gasteiger partial charge in [-0.25, -0.2) is 0 Å². The molecule has 0 aliphatic carbocycles. The third kappa shape index (κ3) is 3.99. The molecule has 1 nitrogen and oxygen atoms in total. The van der Waals surface area contributed by atoms with Crippen LogP contribution in [0.15, 0.2) is 24.4 Å². The van der Waals surface area contributed by atoms with Gasteiger partial charge in [-0.2, -0.15) is 0 Å². The van der Waals surface area contributed by atoms with Gasteiger partial charge in [0.05, 0.1) is 0 Å². The molecule has 0 spiro atoms. The molecule has 0 saturated carbocycles. The highest BCUT2D eigenvalue weighted by Gasteiger charge is 2.16. The Bertz CT molecular complexity index is 182. The molecule has 82 valence electrons. The van der Waals surface area contributed by atoms with Gasteiger partial charge in [-0.15, -0.1) is 0 Å². The Balaban J connectivity index is 4.28. The molecule has 0 radical (unpaired) electrons. The normalized spacial score (nSPS) is 16.4. The summed E-state index contributed by atoms with van der Waals surface area (Å²) in [5, 5.41) is 0. The summed E-state index contributed by atoms with van der Waals surface area (Å²) in [6.45, 7) is 10.6. The summed E-state index contributed by atoms with van der Waals surface area (Å²) in [7, 11) is 0. The van der Waals surface area contributed by atoms with E-state index in [4.69, 9.17) is 5.73 Å². The molecule has 0 bridgehead atoms. The van der Waals surface area contributed by atoms with Crippen molar-refractivity contribution in [2.45, 2.75) is 46.5 Å². The van der Waals surface area contributed by atoms with Gasteiger partial charge in [0.15, 0.2) is 0 Å². The summed E-state index contributed by atoms with van der Waals surface area (Å²) >= 11 is 0. The van der Waals surface area contributed by atoms with Crippen LogP contribution in [0.25, 0.3) is 0 Å². The molecule has 0 amide bonds. The molecule has 2 N–H and O–H groups in total. The third-order valence-corrected chi connectivity index (χ3v) is 3.11.